The van der Waals surface area contributed by atoms with Gasteiger partial charge in [0.1, 0.15) is 5.82 Å². The van der Waals surface area contributed by atoms with Crippen LogP contribution in [-0.4, -0.2) is 26.1 Å². The normalized spacial score (nSPS) is 10.8. The minimum Gasteiger partial charge on any atom is -0.501 e. The quantitative estimate of drug-likeness (QED) is 0.802. The molecule has 0 bridgehead atoms. The third-order valence-corrected chi connectivity index (χ3v) is 3.05. The largest absolute Gasteiger partial charge is 0.501 e. The molecule has 122 valence electrons. The highest BCUT2D eigenvalue weighted by atomic mass is 19.2. The van der Waals surface area contributed by atoms with Crippen LogP contribution < -0.4 is 5.32 Å². The lowest BCUT2D eigenvalue weighted by atomic mass is 10.2. The maximum Gasteiger partial charge on any atom is 0.274 e. The number of carbonyl (C=O) groups excluding carboxylic acids is 1. The predicted octanol–water partition coefficient (Wildman–Crippen LogP) is 2.22. The summed E-state index contributed by atoms with van der Waals surface area (Å²) in [5.74, 6) is -4.19. The first-order chi connectivity index (χ1) is 10.8. The molecule has 0 fully saturated rings. The lowest BCUT2D eigenvalue weighted by molar-refractivity contribution is 0.0941. The summed E-state index contributed by atoms with van der Waals surface area (Å²) in [4.78, 5) is 19.7. The lowest BCUT2D eigenvalue weighted by Gasteiger charge is -2.10. The summed E-state index contributed by atoms with van der Waals surface area (Å²) in [6.45, 7) is 3.42. The number of nitrogens with zero attached hydrogens (tertiary/aromatic N) is 2. The van der Waals surface area contributed by atoms with Gasteiger partial charge in [0.15, 0.2) is 17.3 Å². The fourth-order valence-corrected chi connectivity index (χ4v) is 1.79. The van der Waals surface area contributed by atoms with Gasteiger partial charge in [-0.2, -0.15) is 4.98 Å². The second-order valence-corrected chi connectivity index (χ2v) is 5.19. The van der Waals surface area contributed by atoms with Crippen LogP contribution in [0.4, 0.5) is 8.78 Å². The van der Waals surface area contributed by atoms with Crippen molar-refractivity contribution < 1.29 is 23.8 Å². The lowest BCUT2D eigenvalue weighted by Crippen LogP contribution is -2.24. The third kappa shape index (κ3) is 3.71. The van der Waals surface area contributed by atoms with Crippen molar-refractivity contribution >= 4 is 5.91 Å². The van der Waals surface area contributed by atoms with E-state index < -0.39 is 29.2 Å². The fourth-order valence-electron chi connectivity index (χ4n) is 1.79. The van der Waals surface area contributed by atoms with Gasteiger partial charge < -0.3 is 15.5 Å². The first kappa shape index (κ1) is 16.6. The molecule has 0 radical (unpaired) electrons. The minimum atomic E-state index is -1.03. The smallest absolute Gasteiger partial charge is 0.274 e. The van der Waals surface area contributed by atoms with E-state index in [0.29, 0.717) is 5.56 Å². The topological polar surface area (TPSA) is 95.3 Å². The number of hydrogen-bond acceptors (Lipinski definition) is 5. The SMILES string of the molecule is CC(C)c1nc(O)c(O)c(C(=O)NCc2ccc(F)c(F)c2)n1. The van der Waals surface area contributed by atoms with E-state index in [4.69, 9.17) is 0 Å². The summed E-state index contributed by atoms with van der Waals surface area (Å²) < 4.78 is 25.9. The average molecular weight is 323 g/mol. The molecular formula is C15H15F2N3O3. The second kappa shape index (κ2) is 6.55. The monoisotopic (exact) mass is 323 g/mol. The standard InChI is InChI=1S/C15H15F2N3O3/c1-7(2)13-19-11(12(21)15(23)20-13)14(22)18-6-8-3-4-9(16)10(17)5-8/h3-5,7,21H,6H2,1-2H3,(H,18,22)(H,19,20,23). The molecule has 1 amide bonds. The number of nitrogens with one attached hydrogen (secondary N) is 1. The van der Waals surface area contributed by atoms with E-state index in [1.165, 1.54) is 6.07 Å². The Hall–Kier alpha value is -2.77. The summed E-state index contributed by atoms with van der Waals surface area (Å²) >= 11 is 0. The van der Waals surface area contributed by atoms with Crippen LogP contribution in [0.3, 0.4) is 0 Å². The molecule has 0 aliphatic rings. The molecule has 0 saturated heterocycles. The average Bonchev–Trinajstić information content (AvgIpc) is 2.50. The third-order valence-electron chi connectivity index (χ3n) is 3.05. The summed E-state index contributed by atoms with van der Waals surface area (Å²) in [6.07, 6.45) is 0. The Morgan fingerprint density at radius 3 is 2.52 bits per heavy atom. The molecular weight excluding hydrogens is 308 g/mol. The van der Waals surface area contributed by atoms with Gasteiger partial charge in [0.2, 0.25) is 5.75 Å². The van der Waals surface area contributed by atoms with Crippen molar-refractivity contribution in [2.75, 3.05) is 0 Å². The Balaban J connectivity index is 2.18. The van der Waals surface area contributed by atoms with Crippen molar-refractivity contribution in [2.45, 2.75) is 26.3 Å². The van der Waals surface area contributed by atoms with Gasteiger partial charge in [0.05, 0.1) is 0 Å². The predicted molar refractivity (Wildman–Crippen MR) is 77.0 cm³/mol. The van der Waals surface area contributed by atoms with E-state index >= 15 is 0 Å². The van der Waals surface area contributed by atoms with Crippen LogP contribution >= 0.6 is 0 Å². The molecule has 1 heterocycles. The summed E-state index contributed by atoms with van der Waals surface area (Å²) in [7, 11) is 0. The summed E-state index contributed by atoms with van der Waals surface area (Å²) in [6, 6.07) is 3.21. The number of carbonyl (C=O) groups is 1. The Morgan fingerprint density at radius 1 is 1.22 bits per heavy atom. The van der Waals surface area contributed by atoms with Crippen molar-refractivity contribution in [1.29, 1.82) is 0 Å². The zero-order valence-corrected chi connectivity index (χ0v) is 12.5. The van der Waals surface area contributed by atoms with E-state index in [1.54, 1.807) is 13.8 Å². The van der Waals surface area contributed by atoms with Gasteiger partial charge in [-0.15, -0.1) is 0 Å². The van der Waals surface area contributed by atoms with E-state index in [-0.39, 0.29) is 24.0 Å². The number of rotatable bonds is 4. The molecule has 0 spiro atoms. The van der Waals surface area contributed by atoms with Crippen LogP contribution in [0.2, 0.25) is 0 Å². The maximum atomic E-state index is 13.1. The molecule has 0 atom stereocenters. The van der Waals surface area contributed by atoms with Gasteiger partial charge in [-0.25, -0.2) is 13.8 Å². The Labute approximate surface area is 130 Å². The molecule has 6 nitrogen and oxygen atoms in total. The van der Waals surface area contributed by atoms with Gasteiger partial charge in [-0.1, -0.05) is 19.9 Å². The maximum absolute atomic E-state index is 13.1. The van der Waals surface area contributed by atoms with E-state index in [2.05, 4.69) is 15.3 Å². The molecule has 8 heteroatoms. The zero-order chi connectivity index (χ0) is 17.1. The molecule has 0 aliphatic heterocycles. The summed E-state index contributed by atoms with van der Waals surface area (Å²) in [5.41, 5.74) is -0.0529. The molecule has 2 aromatic rings. The fraction of sp³-hybridized carbons (Fsp3) is 0.267. The number of aromatic hydroxyl groups is 2. The van der Waals surface area contributed by atoms with Crippen LogP contribution in [0.25, 0.3) is 0 Å². The highest BCUT2D eigenvalue weighted by Crippen LogP contribution is 2.27. The molecule has 1 aromatic heterocycles. The van der Waals surface area contributed by atoms with Crippen LogP contribution in [0, 0.1) is 11.6 Å². The van der Waals surface area contributed by atoms with E-state index in [1.807, 2.05) is 0 Å². The molecule has 2 rings (SSSR count). The van der Waals surface area contributed by atoms with Crippen molar-refractivity contribution in [3.8, 4) is 11.6 Å². The van der Waals surface area contributed by atoms with Gasteiger partial charge in [-0.3, -0.25) is 4.79 Å². The van der Waals surface area contributed by atoms with Crippen molar-refractivity contribution in [3.05, 3.63) is 46.9 Å². The van der Waals surface area contributed by atoms with Crippen molar-refractivity contribution in [1.82, 2.24) is 15.3 Å². The number of aromatic nitrogens is 2. The highest BCUT2D eigenvalue weighted by Gasteiger charge is 2.20. The number of hydrogen-bond donors (Lipinski definition) is 3. The van der Waals surface area contributed by atoms with Gasteiger partial charge in [0.25, 0.3) is 11.8 Å². The van der Waals surface area contributed by atoms with Crippen LogP contribution in [0.15, 0.2) is 18.2 Å². The van der Waals surface area contributed by atoms with Gasteiger partial charge >= 0.3 is 0 Å². The molecule has 0 aliphatic carbocycles. The van der Waals surface area contributed by atoms with Crippen LogP contribution in [0.1, 0.15) is 41.6 Å². The van der Waals surface area contributed by atoms with Crippen LogP contribution in [0.5, 0.6) is 11.6 Å². The molecule has 3 N–H and O–H groups in total. The Bertz CT molecular complexity index is 751. The highest BCUT2D eigenvalue weighted by molar-refractivity contribution is 5.95. The Morgan fingerprint density at radius 2 is 1.91 bits per heavy atom. The second-order valence-electron chi connectivity index (χ2n) is 5.19. The van der Waals surface area contributed by atoms with E-state index in [9.17, 15) is 23.8 Å². The molecule has 0 saturated carbocycles. The minimum absolute atomic E-state index is 0.1000. The van der Waals surface area contributed by atoms with Gasteiger partial charge in [-0.05, 0) is 17.7 Å². The molecule has 23 heavy (non-hydrogen) atoms. The zero-order valence-electron chi connectivity index (χ0n) is 12.5. The molecule has 0 unspecified atom stereocenters. The van der Waals surface area contributed by atoms with Gasteiger partial charge in [0, 0.05) is 12.5 Å². The number of benzene rings is 1. The first-order valence-electron chi connectivity index (χ1n) is 6.81. The van der Waals surface area contributed by atoms with Crippen molar-refractivity contribution in [2.24, 2.45) is 0 Å². The van der Waals surface area contributed by atoms with Crippen molar-refractivity contribution in [3.63, 3.8) is 0 Å². The number of amides is 1. The number of halogens is 2. The molecule has 1 aromatic carbocycles. The van der Waals surface area contributed by atoms with E-state index in [0.717, 1.165) is 12.1 Å². The van der Waals surface area contributed by atoms with Crippen LogP contribution in [-0.2, 0) is 6.54 Å². The first-order valence-corrected chi connectivity index (χ1v) is 6.81. The Kier molecular flexibility index (Phi) is 4.73. The summed E-state index contributed by atoms with van der Waals surface area (Å²) in [5, 5.41) is 21.7.